The third kappa shape index (κ3) is 7.20. The van der Waals surface area contributed by atoms with Crippen molar-refractivity contribution in [3.05, 3.63) is 0 Å². The van der Waals surface area contributed by atoms with Gasteiger partial charge >= 0.3 is 35.5 Å². The summed E-state index contributed by atoms with van der Waals surface area (Å²) < 4.78 is 30.9. The second-order valence-corrected chi connectivity index (χ2v) is 7.95. The minimum atomic E-state index is -4.76. The van der Waals surface area contributed by atoms with Crippen molar-refractivity contribution < 1.29 is 66.9 Å². The van der Waals surface area contributed by atoms with Crippen LogP contribution in [0, 0.1) is 0 Å². The van der Waals surface area contributed by atoms with Crippen LogP contribution in [-0.4, -0.2) is 59.2 Å². The van der Waals surface area contributed by atoms with Crippen LogP contribution in [0.2, 0.25) is 0 Å². The first-order valence-corrected chi connectivity index (χ1v) is 9.70. The Bertz CT molecular complexity index is 791. The van der Waals surface area contributed by atoms with E-state index in [9.17, 15) is 27.9 Å². The molecule has 0 spiro atoms. The van der Waals surface area contributed by atoms with Crippen molar-refractivity contribution in [2.45, 2.75) is 56.4 Å². The largest absolute Gasteiger partial charge is 1.00 e. The van der Waals surface area contributed by atoms with E-state index < -0.39 is 45.2 Å². The van der Waals surface area contributed by atoms with Crippen LogP contribution < -0.4 is 34.7 Å². The Morgan fingerprint density at radius 1 is 1.36 bits per heavy atom. The van der Waals surface area contributed by atoms with Crippen molar-refractivity contribution in [2.24, 2.45) is 15.2 Å². The standard InChI is InChI=1S/C14H20N4O8S.Na/c1-14(16-17-14)6-5-10(19)15-7-3-2-4-12(21)26-18-11(20)8-9(13(18)22)27(23,24)25;/h9H,2-8H2,1H3,(H,15,19)(H,23,24,25);/q;+1/p-1. The van der Waals surface area contributed by atoms with E-state index in [0.29, 0.717) is 12.8 Å². The minimum absolute atomic E-state index is 0. The number of carbonyl (C=O) groups is 3. The molecule has 2 aliphatic heterocycles. The maximum atomic E-state index is 11.7. The van der Waals surface area contributed by atoms with E-state index >= 15 is 0 Å². The van der Waals surface area contributed by atoms with E-state index in [4.69, 9.17) is 4.55 Å². The number of rotatable bonds is 10. The smallest absolute Gasteiger partial charge is 0.862 e. The second-order valence-electron chi connectivity index (χ2n) is 6.35. The average Bonchev–Trinajstić information content (AvgIpc) is 3.24. The molecule has 0 radical (unpaired) electrons. The first-order chi connectivity index (χ1) is 12.5. The van der Waals surface area contributed by atoms with Gasteiger partial charge in [-0.2, -0.15) is 18.6 Å². The van der Waals surface area contributed by atoms with Crippen LogP contribution >= 0.6 is 0 Å². The van der Waals surface area contributed by atoms with Crippen molar-refractivity contribution in [3.8, 4) is 0 Å². The molecule has 2 rings (SSSR count). The molecule has 150 valence electrons. The Morgan fingerprint density at radius 2 is 2.00 bits per heavy atom. The molecule has 28 heavy (non-hydrogen) atoms. The zero-order valence-corrected chi connectivity index (χ0v) is 18.3. The summed E-state index contributed by atoms with van der Waals surface area (Å²) >= 11 is 0. The van der Waals surface area contributed by atoms with Crippen LogP contribution in [0.25, 0.3) is 0 Å². The van der Waals surface area contributed by atoms with Crippen molar-refractivity contribution in [3.63, 3.8) is 0 Å². The van der Waals surface area contributed by atoms with Crippen LogP contribution in [0.5, 0.6) is 0 Å². The number of unbranched alkanes of at least 4 members (excludes halogenated alkanes) is 1. The molecular formula is C14H19N4NaO8S. The quantitative estimate of drug-likeness (QED) is 0.0928. The fourth-order valence-corrected chi connectivity index (χ4v) is 2.96. The van der Waals surface area contributed by atoms with E-state index in [2.05, 4.69) is 20.1 Å². The maximum absolute atomic E-state index is 11.7. The van der Waals surface area contributed by atoms with Crippen molar-refractivity contribution >= 4 is 33.8 Å². The fourth-order valence-electron chi connectivity index (χ4n) is 2.25. The summed E-state index contributed by atoms with van der Waals surface area (Å²) in [5.74, 6) is -3.52. The van der Waals surface area contributed by atoms with Gasteiger partial charge in [0.05, 0.1) is 6.42 Å². The Morgan fingerprint density at radius 3 is 2.54 bits per heavy atom. The first-order valence-electron chi connectivity index (χ1n) is 8.20. The Labute approximate surface area is 183 Å². The summed E-state index contributed by atoms with van der Waals surface area (Å²) in [6, 6.07) is 0. The van der Waals surface area contributed by atoms with E-state index in [1.807, 2.05) is 0 Å². The molecule has 2 aliphatic rings. The molecule has 2 amide bonds. The fraction of sp³-hybridized carbons (Fsp3) is 0.714. The first kappa shape index (κ1) is 24.6. The Hall–Kier alpha value is -1.41. The number of aliphatic imine (C=N–C) groups is 1. The third-order valence-electron chi connectivity index (χ3n) is 3.95. The molecule has 0 aromatic carbocycles. The van der Waals surface area contributed by atoms with Crippen molar-refractivity contribution in [1.82, 2.24) is 5.06 Å². The molecule has 1 atom stereocenters. The molecule has 0 aromatic heterocycles. The van der Waals surface area contributed by atoms with Crippen molar-refractivity contribution in [1.29, 1.82) is 0 Å². The number of carbonyl (C=O) groups excluding carboxylic acids is 3. The molecule has 2 heterocycles. The van der Waals surface area contributed by atoms with Gasteiger partial charge in [0.15, 0.2) is 10.9 Å². The normalized spacial score (nSPS) is 20.9. The molecule has 1 fully saturated rings. The molecule has 0 saturated carbocycles. The minimum Gasteiger partial charge on any atom is -0.862 e. The van der Waals surface area contributed by atoms with Gasteiger partial charge in [-0.15, -0.1) is 5.06 Å². The van der Waals surface area contributed by atoms with Crippen molar-refractivity contribution in [2.75, 3.05) is 6.54 Å². The van der Waals surface area contributed by atoms with Gasteiger partial charge in [0.25, 0.3) is 21.9 Å². The summed E-state index contributed by atoms with van der Waals surface area (Å²) in [6.45, 7) is 2.02. The number of imide groups is 1. The average molecular weight is 426 g/mol. The van der Waals surface area contributed by atoms with Gasteiger partial charge in [-0.25, -0.2) is 4.79 Å². The van der Waals surface area contributed by atoms with Gasteiger partial charge in [-0.1, -0.05) is 0 Å². The van der Waals surface area contributed by atoms with Crippen LogP contribution in [0.3, 0.4) is 0 Å². The van der Waals surface area contributed by atoms with Crippen LogP contribution in [0.4, 0.5) is 0 Å². The van der Waals surface area contributed by atoms with Crippen LogP contribution in [0.1, 0.15) is 45.4 Å². The monoisotopic (exact) mass is 426 g/mol. The van der Waals surface area contributed by atoms with Gasteiger partial charge < -0.3 is 14.9 Å². The number of hydrogen-bond donors (Lipinski definition) is 1. The van der Waals surface area contributed by atoms with Gasteiger partial charge in [0, 0.05) is 19.4 Å². The summed E-state index contributed by atoms with van der Waals surface area (Å²) in [5, 5.41) is 17.2. The third-order valence-corrected chi connectivity index (χ3v) is 5.03. The summed E-state index contributed by atoms with van der Waals surface area (Å²) in [5.41, 5.74) is -0.451. The predicted octanol–water partition coefficient (Wildman–Crippen LogP) is -3.64. The summed E-state index contributed by atoms with van der Waals surface area (Å²) in [4.78, 5) is 43.3. The number of hydroxylamine groups is 2. The zero-order chi connectivity index (χ0) is 20.2. The number of hydrogen-bond acceptors (Lipinski definition) is 10. The zero-order valence-electron chi connectivity index (χ0n) is 15.5. The molecule has 1 N–H and O–H groups in total. The number of amides is 2. The van der Waals surface area contributed by atoms with Crippen LogP contribution in [-0.2, 0) is 29.3 Å². The number of nitrogens with zero attached hydrogens (tertiary/aromatic N) is 4. The maximum Gasteiger partial charge on any atom is 1.00 e. The molecule has 14 heteroatoms. The second kappa shape index (κ2) is 9.87. The Balaban J connectivity index is 0.00000392. The van der Waals surface area contributed by atoms with Crippen LogP contribution in [0.15, 0.2) is 15.2 Å². The van der Waals surface area contributed by atoms with Gasteiger partial charge in [-0.3, -0.25) is 14.1 Å². The Kier molecular flexibility index (Phi) is 8.68. The summed E-state index contributed by atoms with van der Waals surface area (Å²) in [6.07, 6.45) is 0.487. The van der Waals surface area contributed by atoms with Gasteiger partial charge in [0.1, 0.15) is 0 Å². The van der Waals surface area contributed by atoms with E-state index in [0.717, 1.165) is 0 Å². The molecule has 1 unspecified atom stereocenters. The molecule has 0 aromatic rings. The predicted molar refractivity (Wildman–Crippen MR) is 86.5 cm³/mol. The molecule has 0 bridgehead atoms. The topological polar surface area (TPSA) is 178 Å². The van der Waals surface area contributed by atoms with Gasteiger partial charge in [0.2, 0.25) is 0 Å². The SMILES string of the molecule is CC1(CCC([O-])=NCCCCC(=O)ON2C(=O)CC(S(=O)(=O)O)C2=O)N=N1.[Na+]. The van der Waals surface area contributed by atoms with E-state index in [1.165, 1.54) is 0 Å². The molecule has 1 saturated heterocycles. The molecule has 0 aliphatic carbocycles. The summed E-state index contributed by atoms with van der Waals surface area (Å²) in [7, 11) is -4.76. The van der Waals surface area contributed by atoms with E-state index in [-0.39, 0.29) is 66.3 Å². The molecular weight excluding hydrogens is 407 g/mol. The van der Waals surface area contributed by atoms with Gasteiger partial charge in [-0.05, 0) is 32.1 Å². The molecule has 12 nitrogen and oxygen atoms in total. The van der Waals surface area contributed by atoms with E-state index in [1.54, 1.807) is 6.92 Å².